The fourth-order valence-electron chi connectivity index (χ4n) is 2.24. The van der Waals surface area contributed by atoms with Gasteiger partial charge in [-0.2, -0.15) is 0 Å². The molecule has 0 aliphatic heterocycles. The monoisotopic (exact) mass is 218 g/mol. The molecular weight excluding hydrogens is 200 g/mol. The van der Waals surface area contributed by atoms with Gasteiger partial charge >= 0.3 is 0 Å². The van der Waals surface area contributed by atoms with E-state index in [0.29, 0.717) is 0 Å². The Balaban J connectivity index is 2.18. The Morgan fingerprint density at radius 2 is 2.06 bits per heavy atom. The first-order valence-corrected chi connectivity index (χ1v) is 5.80. The molecule has 0 radical (unpaired) electrons. The molecule has 0 aromatic heterocycles. The topological polar surface area (TPSA) is 41.1 Å². The normalized spacial score (nSPS) is 15.6. The lowest BCUT2D eigenvalue weighted by atomic mass is 9.96. The van der Waals surface area contributed by atoms with Crippen molar-refractivity contribution in [2.45, 2.75) is 32.1 Å². The lowest BCUT2D eigenvalue weighted by Crippen LogP contribution is -2.37. The van der Waals surface area contributed by atoms with Crippen LogP contribution in [-0.2, 0) is 17.6 Å². The van der Waals surface area contributed by atoms with Crippen LogP contribution >= 0.6 is 0 Å². The second-order valence-corrected chi connectivity index (χ2v) is 4.34. The summed E-state index contributed by atoms with van der Waals surface area (Å²) in [5.41, 5.74) is 9.27. The summed E-state index contributed by atoms with van der Waals surface area (Å²) in [4.78, 5) is 11.7. The van der Waals surface area contributed by atoms with Crippen LogP contribution < -0.4 is 10.9 Å². The van der Waals surface area contributed by atoms with E-state index >= 15 is 0 Å². The first-order chi connectivity index (χ1) is 7.72. The highest BCUT2D eigenvalue weighted by Crippen LogP contribution is 2.26. The molecule has 1 aromatic carbocycles. The van der Waals surface area contributed by atoms with E-state index in [1.165, 1.54) is 24.0 Å². The van der Waals surface area contributed by atoms with Crippen LogP contribution in [0.2, 0.25) is 0 Å². The van der Waals surface area contributed by atoms with E-state index < -0.39 is 0 Å². The summed E-state index contributed by atoms with van der Waals surface area (Å²) in [6, 6.07) is 6.42. The third-order valence-corrected chi connectivity index (χ3v) is 3.26. The number of hydrazine groups is 1. The summed E-state index contributed by atoms with van der Waals surface area (Å²) >= 11 is 0. The maximum absolute atomic E-state index is 11.7. The zero-order chi connectivity index (χ0) is 11.5. The van der Waals surface area contributed by atoms with Crippen molar-refractivity contribution in [1.82, 2.24) is 10.9 Å². The van der Waals surface area contributed by atoms with Crippen molar-refractivity contribution < 1.29 is 4.79 Å². The molecular formula is C13H18N2O. The fraction of sp³-hybridized carbons (Fsp3) is 0.462. The molecule has 1 aromatic rings. The van der Waals surface area contributed by atoms with Crippen molar-refractivity contribution in [1.29, 1.82) is 0 Å². The van der Waals surface area contributed by atoms with Crippen LogP contribution in [0, 0.1) is 0 Å². The molecule has 0 spiro atoms. The summed E-state index contributed by atoms with van der Waals surface area (Å²) in [6.45, 7) is 1.93. The van der Waals surface area contributed by atoms with E-state index in [1.807, 2.05) is 6.92 Å². The third-order valence-electron chi connectivity index (χ3n) is 3.26. The third kappa shape index (κ3) is 2.09. The molecule has 1 amide bonds. The number of carbonyl (C=O) groups excluding carboxylic acids is 1. The predicted octanol–water partition coefficient (Wildman–Crippen LogP) is 1.53. The lowest BCUT2D eigenvalue weighted by molar-refractivity contribution is -0.123. The number of hydrogen-bond acceptors (Lipinski definition) is 2. The summed E-state index contributed by atoms with van der Waals surface area (Å²) in [7, 11) is 1.70. The van der Waals surface area contributed by atoms with Gasteiger partial charge in [-0.3, -0.25) is 10.2 Å². The number of benzene rings is 1. The molecule has 1 aliphatic carbocycles. The number of fused-ring (bicyclic) bond motifs is 1. The van der Waals surface area contributed by atoms with Gasteiger partial charge in [0.25, 0.3) is 0 Å². The number of amides is 1. The molecule has 0 fully saturated rings. The van der Waals surface area contributed by atoms with Crippen LogP contribution in [0.25, 0.3) is 0 Å². The van der Waals surface area contributed by atoms with Crippen molar-refractivity contribution >= 4 is 5.91 Å². The Labute approximate surface area is 96.2 Å². The highest BCUT2D eigenvalue weighted by molar-refractivity contribution is 5.82. The van der Waals surface area contributed by atoms with Gasteiger partial charge < -0.3 is 0 Å². The maximum atomic E-state index is 11.7. The van der Waals surface area contributed by atoms with Crippen LogP contribution in [0.4, 0.5) is 0 Å². The molecule has 3 heteroatoms. The first kappa shape index (κ1) is 11.1. The fourth-order valence-corrected chi connectivity index (χ4v) is 2.24. The van der Waals surface area contributed by atoms with E-state index in [2.05, 4.69) is 29.1 Å². The number of aryl methyl sites for hydroxylation is 2. The molecule has 0 saturated heterocycles. The van der Waals surface area contributed by atoms with E-state index in [9.17, 15) is 4.79 Å². The standard InChI is InChI=1S/C13H18N2O/c1-9(13(16)15-14-2)11-7-6-10-4-3-5-12(10)8-11/h6-9,14H,3-5H2,1-2H3,(H,15,16). The molecule has 1 unspecified atom stereocenters. The smallest absolute Gasteiger partial charge is 0.241 e. The van der Waals surface area contributed by atoms with E-state index in [4.69, 9.17) is 0 Å². The Morgan fingerprint density at radius 3 is 2.81 bits per heavy atom. The number of nitrogens with one attached hydrogen (secondary N) is 2. The molecule has 2 rings (SSSR count). The van der Waals surface area contributed by atoms with Crippen molar-refractivity contribution in [3.63, 3.8) is 0 Å². The van der Waals surface area contributed by atoms with Crippen molar-refractivity contribution in [3.05, 3.63) is 34.9 Å². The van der Waals surface area contributed by atoms with Crippen LogP contribution in [0.3, 0.4) is 0 Å². The van der Waals surface area contributed by atoms with E-state index in [1.54, 1.807) is 7.05 Å². The Bertz CT molecular complexity index is 401. The van der Waals surface area contributed by atoms with Crippen LogP contribution in [0.1, 0.15) is 36.0 Å². The highest BCUT2D eigenvalue weighted by atomic mass is 16.2. The SMILES string of the molecule is CNNC(=O)C(C)c1ccc2c(c1)CCC2. The summed E-state index contributed by atoms with van der Waals surface area (Å²) < 4.78 is 0. The van der Waals surface area contributed by atoms with Gasteiger partial charge in [-0.05, 0) is 42.9 Å². The maximum Gasteiger partial charge on any atom is 0.241 e. The second-order valence-electron chi connectivity index (χ2n) is 4.34. The van der Waals surface area contributed by atoms with E-state index in [0.717, 1.165) is 12.0 Å². The van der Waals surface area contributed by atoms with Gasteiger partial charge in [-0.15, -0.1) is 0 Å². The van der Waals surface area contributed by atoms with Gasteiger partial charge in [0.2, 0.25) is 5.91 Å². The molecule has 3 nitrogen and oxygen atoms in total. The Hall–Kier alpha value is -1.35. The Morgan fingerprint density at radius 1 is 1.31 bits per heavy atom. The minimum absolute atomic E-state index is 0.0143. The van der Waals surface area contributed by atoms with Gasteiger partial charge in [-0.25, -0.2) is 5.43 Å². The van der Waals surface area contributed by atoms with Gasteiger partial charge in [0, 0.05) is 7.05 Å². The van der Waals surface area contributed by atoms with Crippen molar-refractivity contribution in [3.8, 4) is 0 Å². The summed E-state index contributed by atoms with van der Waals surface area (Å²) in [5.74, 6) is -0.0844. The molecule has 0 bridgehead atoms. The van der Waals surface area contributed by atoms with Crippen molar-refractivity contribution in [2.24, 2.45) is 0 Å². The second kappa shape index (κ2) is 4.66. The number of hydrogen-bond donors (Lipinski definition) is 2. The van der Waals surface area contributed by atoms with Gasteiger partial charge in [0.05, 0.1) is 5.92 Å². The number of rotatable bonds is 3. The molecule has 0 heterocycles. The van der Waals surface area contributed by atoms with Gasteiger partial charge in [0.15, 0.2) is 0 Å². The predicted molar refractivity (Wildman–Crippen MR) is 64.1 cm³/mol. The minimum Gasteiger partial charge on any atom is -0.291 e. The highest BCUT2D eigenvalue weighted by Gasteiger charge is 2.17. The van der Waals surface area contributed by atoms with Crippen LogP contribution in [0.15, 0.2) is 18.2 Å². The molecule has 86 valence electrons. The molecule has 1 atom stereocenters. The van der Waals surface area contributed by atoms with Gasteiger partial charge in [-0.1, -0.05) is 18.2 Å². The average molecular weight is 218 g/mol. The van der Waals surface area contributed by atoms with Crippen LogP contribution in [-0.4, -0.2) is 13.0 Å². The summed E-state index contributed by atoms with van der Waals surface area (Å²) in [6.07, 6.45) is 3.59. The molecule has 16 heavy (non-hydrogen) atoms. The first-order valence-electron chi connectivity index (χ1n) is 5.80. The Kier molecular flexibility index (Phi) is 3.25. The molecule has 0 saturated carbocycles. The lowest BCUT2D eigenvalue weighted by Gasteiger charge is -2.13. The zero-order valence-corrected chi connectivity index (χ0v) is 9.84. The summed E-state index contributed by atoms with van der Waals surface area (Å²) in [5, 5.41) is 0. The van der Waals surface area contributed by atoms with Crippen molar-refractivity contribution in [2.75, 3.05) is 7.05 Å². The van der Waals surface area contributed by atoms with Crippen LogP contribution in [0.5, 0.6) is 0 Å². The zero-order valence-electron chi connectivity index (χ0n) is 9.84. The quantitative estimate of drug-likeness (QED) is 0.755. The minimum atomic E-state index is -0.0988. The molecule has 2 N–H and O–H groups in total. The van der Waals surface area contributed by atoms with E-state index in [-0.39, 0.29) is 11.8 Å². The molecule has 1 aliphatic rings. The number of carbonyl (C=O) groups is 1. The largest absolute Gasteiger partial charge is 0.291 e. The average Bonchev–Trinajstić information content (AvgIpc) is 2.75. The van der Waals surface area contributed by atoms with Gasteiger partial charge in [0.1, 0.15) is 0 Å².